The van der Waals surface area contributed by atoms with E-state index in [9.17, 15) is 18.0 Å². The van der Waals surface area contributed by atoms with Gasteiger partial charge in [0.2, 0.25) is 5.91 Å². The molecule has 0 aliphatic carbocycles. The van der Waals surface area contributed by atoms with Crippen molar-refractivity contribution in [1.29, 1.82) is 0 Å². The number of nitrogens with one attached hydrogen (secondary N) is 1. The van der Waals surface area contributed by atoms with Crippen LogP contribution in [0.1, 0.15) is 22.8 Å². The van der Waals surface area contributed by atoms with Crippen molar-refractivity contribution >= 4 is 27.8 Å². The van der Waals surface area contributed by atoms with Gasteiger partial charge >= 0.3 is 5.97 Å². The molecule has 0 radical (unpaired) electrons. The summed E-state index contributed by atoms with van der Waals surface area (Å²) in [6, 6.07) is 15.6. The van der Waals surface area contributed by atoms with E-state index in [1.54, 1.807) is 31.2 Å². The lowest BCUT2D eigenvalue weighted by molar-refractivity contribution is -0.116. The van der Waals surface area contributed by atoms with Gasteiger partial charge in [-0.15, -0.1) is 0 Å². The molecule has 1 heterocycles. The molecule has 0 atom stereocenters. The predicted molar refractivity (Wildman–Crippen MR) is 108 cm³/mol. The summed E-state index contributed by atoms with van der Waals surface area (Å²) in [5, 5.41) is 2.65. The van der Waals surface area contributed by atoms with Crippen LogP contribution >= 0.6 is 0 Å². The Hall–Kier alpha value is -2.75. The number of esters is 1. The van der Waals surface area contributed by atoms with E-state index in [0.29, 0.717) is 17.8 Å². The fourth-order valence-corrected chi connectivity index (χ4v) is 4.53. The smallest absolute Gasteiger partial charge is 0.338 e. The van der Waals surface area contributed by atoms with Gasteiger partial charge in [0.1, 0.15) is 0 Å². The minimum atomic E-state index is -3.69. The summed E-state index contributed by atoms with van der Waals surface area (Å²) in [4.78, 5) is 24.0. The second kappa shape index (κ2) is 9.17. The first-order valence-corrected chi connectivity index (χ1v) is 10.7. The van der Waals surface area contributed by atoms with E-state index in [1.165, 1.54) is 4.31 Å². The lowest BCUT2D eigenvalue weighted by Gasteiger charge is -2.18. The lowest BCUT2D eigenvalue weighted by atomic mass is 10.2. The van der Waals surface area contributed by atoms with E-state index in [1.807, 2.05) is 30.3 Å². The molecule has 1 fully saturated rings. The predicted octanol–water partition coefficient (Wildman–Crippen LogP) is 1.86. The molecule has 8 nitrogen and oxygen atoms in total. The molecule has 0 bridgehead atoms. The molecule has 1 saturated heterocycles. The zero-order valence-corrected chi connectivity index (χ0v) is 16.9. The van der Waals surface area contributed by atoms with Crippen LogP contribution in [0.25, 0.3) is 0 Å². The Morgan fingerprint density at radius 1 is 1.00 bits per heavy atom. The second-order valence-corrected chi connectivity index (χ2v) is 8.43. The summed E-state index contributed by atoms with van der Waals surface area (Å²) in [7, 11) is -3.69. The van der Waals surface area contributed by atoms with Gasteiger partial charge in [0.05, 0.1) is 18.7 Å². The Kier molecular flexibility index (Phi) is 6.63. The number of benzene rings is 2. The SMILES string of the molecule is CCOC(=O)c1ccc(NC(=O)CN2CCN(Cc3ccccc3)S2(=O)=O)cc1. The standard InChI is InChI=1S/C20H23N3O5S/c1-2-28-20(25)17-8-10-18(11-9-17)21-19(24)15-23-13-12-22(29(23,26)27)14-16-6-4-3-5-7-16/h3-11H,2,12-15H2,1H3,(H,21,24). The number of ether oxygens (including phenoxy) is 1. The van der Waals surface area contributed by atoms with Crippen molar-refractivity contribution < 1.29 is 22.7 Å². The molecule has 1 amide bonds. The minimum Gasteiger partial charge on any atom is -0.462 e. The van der Waals surface area contributed by atoms with Gasteiger partial charge in [0.15, 0.2) is 0 Å². The van der Waals surface area contributed by atoms with Gasteiger partial charge in [-0.25, -0.2) is 4.79 Å². The molecule has 3 rings (SSSR count). The Morgan fingerprint density at radius 2 is 1.66 bits per heavy atom. The zero-order chi connectivity index (χ0) is 20.9. The van der Waals surface area contributed by atoms with Crippen molar-refractivity contribution in [3.05, 3.63) is 65.7 Å². The number of amides is 1. The van der Waals surface area contributed by atoms with Crippen molar-refractivity contribution in [3.8, 4) is 0 Å². The maximum atomic E-state index is 12.7. The van der Waals surface area contributed by atoms with Gasteiger partial charge in [-0.3, -0.25) is 4.79 Å². The van der Waals surface area contributed by atoms with E-state index in [-0.39, 0.29) is 26.2 Å². The van der Waals surface area contributed by atoms with E-state index in [2.05, 4.69) is 5.32 Å². The quantitative estimate of drug-likeness (QED) is 0.694. The summed E-state index contributed by atoms with van der Waals surface area (Å²) in [5.41, 5.74) is 1.74. The maximum absolute atomic E-state index is 12.7. The molecule has 154 valence electrons. The molecule has 1 aliphatic rings. The normalized spacial score (nSPS) is 16.4. The third-order valence-electron chi connectivity index (χ3n) is 4.45. The van der Waals surface area contributed by atoms with Gasteiger partial charge in [0.25, 0.3) is 10.2 Å². The molecule has 0 aromatic heterocycles. The van der Waals surface area contributed by atoms with Crippen LogP contribution in [-0.4, -0.2) is 55.1 Å². The van der Waals surface area contributed by atoms with Crippen LogP contribution in [0.4, 0.5) is 5.69 Å². The molecule has 29 heavy (non-hydrogen) atoms. The molecular weight excluding hydrogens is 394 g/mol. The van der Waals surface area contributed by atoms with Crippen molar-refractivity contribution in [3.63, 3.8) is 0 Å². The zero-order valence-electron chi connectivity index (χ0n) is 16.1. The topological polar surface area (TPSA) is 96.0 Å². The number of nitrogens with zero attached hydrogens (tertiary/aromatic N) is 2. The first kappa shape index (κ1) is 21.0. The summed E-state index contributed by atoms with van der Waals surface area (Å²) in [6.07, 6.45) is 0. The van der Waals surface area contributed by atoms with Crippen LogP contribution in [-0.2, 0) is 26.3 Å². The van der Waals surface area contributed by atoms with Gasteiger partial charge in [0, 0.05) is 25.3 Å². The highest BCUT2D eigenvalue weighted by Crippen LogP contribution is 2.19. The Labute approximate surface area is 170 Å². The highest BCUT2D eigenvalue weighted by atomic mass is 32.2. The van der Waals surface area contributed by atoms with E-state index < -0.39 is 22.1 Å². The second-order valence-electron chi connectivity index (χ2n) is 6.51. The first-order valence-electron chi connectivity index (χ1n) is 9.26. The summed E-state index contributed by atoms with van der Waals surface area (Å²) >= 11 is 0. The number of rotatable bonds is 7. The van der Waals surface area contributed by atoms with Gasteiger partial charge in [-0.2, -0.15) is 17.0 Å². The van der Waals surface area contributed by atoms with Crippen molar-refractivity contribution in [1.82, 2.24) is 8.61 Å². The minimum absolute atomic E-state index is 0.254. The van der Waals surface area contributed by atoms with Crippen molar-refractivity contribution in [2.45, 2.75) is 13.5 Å². The molecule has 2 aromatic rings. The number of hydrogen-bond donors (Lipinski definition) is 1. The van der Waals surface area contributed by atoms with Crippen LogP contribution in [0.3, 0.4) is 0 Å². The molecule has 0 unspecified atom stereocenters. The van der Waals surface area contributed by atoms with Crippen LogP contribution < -0.4 is 5.32 Å². The maximum Gasteiger partial charge on any atom is 0.338 e. The summed E-state index contributed by atoms with van der Waals surface area (Å²) in [6.45, 7) is 2.59. The van der Waals surface area contributed by atoms with Crippen LogP contribution in [0.15, 0.2) is 54.6 Å². The van der Waals surface area contributed by atoms with Gasteiger partial charge < -0.3 is 10.1 Å². The largest absolute Gasteiger partial charge is 0.462 e. The lowest BCUT2D eigenvalue weighted by Crippen LogP contribution is -2.37. The molecule has 0 saturated carbocycles. The summed E-state index contributed by atoms with van der Waals surface area (Å²) in [5.74, 6) is -0.883. The van der Waals surface area contributed by atoms with Gasteiger partial charge in [-0.1, -0.05) is 30.3 Å². The average Bonchev–Trinajstić information content (AvgIpc) is 2.97. The van der Waals surface area contributed by atoms with Crippen molar-refractivity contribution in [2.24, 2.45) is 0 Å². The van der Waals surface area contributed by atoms with E-state index >= 15 is 0 Å². The highest BCUT2D eigenvalue weighted by molar-refractivity contribution is 7.87. The highest BCUT2D eigenvalue weighted by Gasteiger charge is 2.37. The molecule has 9 heteroatoms. The third kappa shape index (κ3) is 5.20. The van der Waals surface area contributed by atoms with Crippen LogP contribution in [0.5, 0.6) is 0 Å². The molecule has 1 aliphatic heterocycles. The fourth-order valence-electron chi connectivity index (χ4n) is 2.99. The number of carbonyl (C=O) groups is 2. The monoisotopic (exact) mass is 417 g/mol. The van der Waals surface area contributed by atoms with Crippen LogP contribution in [0, 0.1) is 0 Å². The molecule has 1 N–H and O–H groups in total. The molecule has 0 spiro atoms. The number of anilines is 1. The summed E-state index contributed by atoms with van der Waals surface area (Å²) < 4.78 is 32.8. The average molecular weight is 417 g/mol. The fraction of sp³-hybridized carbons (Fsp3) is 0.300. The third-order valence-corrected chi connectivity index (χ3v) is 6.38. The van der Waals surface area contributed by atoms with E-state index in [4.69, 9.17) is 4.74 Å². The number of carbonyl (C=O) groups excluding carboxylic acids is 2. The molecular formula is C20H23N3O5S. The Balaban J connectivity index is 1.57. The molecule has 2 aromatic carbocycles. The Morgan fingerprint density at radius 3 is 2.31 bits per heavy atom. The van der Waals surface area contributed by atoms with Crippen LogP contribution in [0.2, 0.25) is 0 Å². The Bertz CT molecular complexity index is 961. The number of hydrogen-bond acceptors (Lipinski definition) is 5. The van der Waals surface area contributed by atoms with Gasteiger partial charge in [-0.05, 0) is 36.8 Å². The first-order chi connectivity index (χ1) is 13.9. The van der Waals surface area contributed by atoms with E-state index in [0.717, 1.165) is 9.87 Å². The van der Waals surface area contributed by atoms with Crippen molar-refractivity contribution in [2.75, 3.05) is 31.6 Å².